The molecule has 1 radical (unpaired) electrons. The number of benzene rings is 2. The minimum absolute atomic E-state index is 0. The van der Waals surface area contributed by atoms with Crippen LogP contribution < -0.4 is 10.2 Å². The molecule has 3 rings (SSSR count). The minimum atomic E-state index is -1.08. The third kappa shape index (κ3) is 14.0. The minimum Gasteiger partial charge on any atom is -0.550 e. The van der Waals surface area contributed by atoms with Crippen LogP contribution in [0.3, 0.4) is 0 Å². The van der Waals surface area contributed by atoms with Crippen LogP contribution in [-0.4, -0.2) is 46.7 Å². The van der Waals surface area contributed by atoms with Crippen molar-refractivity contribution in [3.63, 3.8) is 0 Å². The molecule has 9 heteroatoms. The Hall–Kier alpha value is -3.17. The fraction of sp³-hybridized carbons (Fsp3) is 0.385. The van der Waals surface area contributed by atoms with Gasteiger partial charge in [0.15, 0.2) is 0 Å². The van der Waals surface area contributed by atoms with Crippen molar-refractivity contribution in [1.82, 2.24) is 0 Å². The van der Waals surface area contributed by atoms with Gasteiger partial charge in [0.25, 0.3) is 0 Å². The maximum absolute atomic E-state index is 9.90. The molecule has 0 atom stereocenters. The van der Waals surface area contributed by atoms with Crippen LogP contribution in [-0.2, 0) is 26.4 Å². The van der Waals surface area contributed by atoms with E-state index in [0.29, 0.717) is 0 Å². The van der Waals surface area contributed by atoms with Crippen LogP contribution in [0.2, 0.25) is 0 Å². The van der Waals surface area contributed by atoms with E-state index in [1.165, 1.54) is 0 Å². The molecule has 0 aromatic heterocycles. The molecule has 1 saturated carbocycles. The molecule has 2 aromatic carbocycles. The van der Waals surface area contributed by atoms with Crippen molar-refractivity contribution in [2.45, 2.75) is 65.5 Å². The Morgan fingerprint density at radius 2 is 1.06 bits per heavy atom. The van der Waals surface area contributed by atoms with Gasteiger partial charge in [-0.15, -0.1) is 0 Å². The predicted octanol–water partition coefficient (Wildman–Crippen LogP) is 2.07. The number of carbonyl (C=O) groups is 2. The Balaban J connectivity index is 0.00000112. The van der Waals surface area contributed by atoms with Crippen molar-refractivity contribution >= 4 is 24.4 Å². The molecule has 0 amide bonds. The number of hydrogen-bond acceptors (Lipinski definition) is 8. The molecular weight excluding hydrogens is 495 g/mol. The summed E-state index contributed by atoms with van der Waals surface area (Å²) in [6.07, 6.45) is 7.55. The van der Waals surface area contributed by atoms with E-state index in [4.69, 9.17) is 19.8 Å². The Kier molecular flexibility index (Phi) is 15.0. The van der Waals surface area contributed by atoms with Crippen LogP contribution in [0.15, 0.2) is 46.4 Å². The van der Waals surface area contributed by atoms with E-state index in [1.54, 1.807) is 24.6 Å². The van der Waals surface area contributed by atoms with E-state index < -0.39 is 11.9 Å². The summed E-state index contributed by atoms with van der Waals surface area (Å²) in [7, 11) is 0. The zero-order valence-corrected chi connectivity index (χ0v) is 21.4. The van der Waals surface area contributed by atoms with Crippen molar-refractivity contribution in [1.29, 1.82) is 0 Å². The van der Waals surface area contributed by atoms with Crippen LogP contribution in [0, 0.1) is 13.8 Å². The Morgan fingerprint density at radius 3 is 1.34 bits per heavy atom. The fourth-order valence-corrected chi connectivity index (χ4v) is 3.28. The molecule has 1 fully saturated rings. The quantitative estimate of drug-likeness (QED) is 0.583. The van der Waals surface area contributed by atoms with Crippen LogP contribution in [0.5, 0.6) is 11.5 Å². The van der Waals surface area contributed by atoms with Crippen LogP contribution in [0.4, 0.5) is 0 Å². The summed E-state index contributed by atoms with van der Waals surface area (Å²) in [6, 6.07) is 11.7. The van der Waals surface area contributed by atoms with E-state index in [9.17, 15) is 10.2 Å². The van der Waals surface area contributed by atoms with E-state index in [2.05, 4.69) is 9.98 Å². The molecule has 0 unspecified atom stereocenters. The first kappa shape index (κ1) is 31.8. The number of carbonyl (C=O) groups excluding carboxylic acids is 2. The first-order valence-electron chi connectivity index (χ1n) is 11.0. The van der Waals surface area contributed by atoms with Gasteiger partial charge < -0.3 is 30.0 Å². The van der Waals surface area contributed by atoms with Crippen molar-refractivity contribution in [3.8, 4) is 11.5 Å². The summed E-state index contributed by atoms with van der Waals surface area (Å²) in [5.74, 6) is -1.62. The van der Waals surface area contributed by atoms with Gasteiger partial charge >= 0.3 is 16.8 Å². The number of carboxylic acid groups (broad SMARTS) is 2. The van der Waals surface area contributed by atoms with E-state index in [1.807, 2.05) is 38.1 Å². The van der Waals surface area contributed by atoms with Gasteiger partial charge in [0.1, 0.15) is 11.5 Å². The number of hydrogen-bond donors (Lipinski definition) is 2. The number of nitrogens with zero attached hydrogens (tertiary/aromatic N) is 2. The first-order chi connectivity index (χ1) is 16.0. The van der Waals surface area contributed by atoms with E-state index in [0.717, 1.165) is 61.8 Å². The third-order valence-corrected chi connectivity index (χ3v) is 4.88. The molecule has 0 saturated heterocycles. The van der Waals surface area contributed by atoms with Gasteiger partial charge in [0, 0.05) is 35.5 Å². The topological polar surface area (TPSA) is 145 Å². The summed E-state index contributed by atoms with van der Waals surface area (Å²) in [5, 5.41) is 37.6. The maximum atomic E-state index is 9.90. The van der Waals surface area contributed by atoms with Crippen LogP contribution >= 0.6 is 0 Å². The van der Waals surface area contributed by atoms with Gasteiger partial charge in [-0.1, -0.05) is 23.3 Å². The maximum Gasteiger partial charge on any atom is 2.00 e. The molecule has 2 N–H and O–H groups in total. The summed E-state index contributed by atoms with van der Waals surface area (Å²) in [5.41, 5.74) is 3.78. The molecule has 1 aliphatic rings. The first-order valence-corrected chi connectivity index (χ1v) is 11.0. The number of aromatic hydroxyl groups is 2. The summed E-state index contributed by atoms with van der Waals surface area (Å²) in [6.45, 7) is 5.96. The number of rotatable bonds is 4. The van der Waals surface area contributed by atoms with E-state index >= 15 is 0 Å². The third-order valence-electron chi connectivity index (χ3n) is 4.88. The SMILES string of the molecule is CC(=O)[O-].CC(=O)[O-].Cc1ccc(O)c(C=NC2CCC(N=Cc3cc(C)ccc3O)CC2)c1.[Co+2]. The second-order valence-electron chi connectivity index (χ2n) is 8.13. The summed E-state index contributed by atoms with van der Waals surface area (Å²) < 4.78 is 0. The zero-order chi connectivity index (χ0) is 25.7. The number of aliphatic imine (C=N–C) groups is 2. The van der Waals surface area contributed by atoms with Crippen molar-refractivity contribution < 1.29 is 46.8 Å². The Labute approximate surface area is 216 Å². The molecule has 35 heavy (non-hydrogen) atoms. The predicted molar refractivity (Wildman–Crippen MR) is 128 cm³/mol. The summed E-state index contributed by atoms with van der Waals surface area (Å²) in [4.78, 5) is 27.1. The van der Waals surface area contributed by atoms with E-state index in [-0.39, 0.29) is 40.4 Å². The molecule has 8 nitrogen and oxygen atoms in total. The Morgan fingerprint density at radius 1 is 0.771 bits per heavy atom. The van der Waals surface area contributed by atoms with Gasteiger partial charge in [-0.3, -0.25) is 9.98 Å². The van der Waals surface area contributed by atoms with Crippen LogP contribution in [0.25, 0.3) is 0 Å². The molecule has 191 valence electrons. The fourth-order valence-electron chi connectivity index (χ4n) is 3.28. The standard InChI is InChI=1S/C22H26N2O2.2C2H4O2.Co/c1-15-3-9-21(25)17(11-15)13-23-19-5-7-20(8-6-19)24-14-18-12-16(2)4-10-22(18)26;2*1-2(3)4;/h3-4,9-14,19-20,25-26H,5-8H2,1-2H3;2*1H3,(H,3,4);/q;;;+2/p-2. The molecule has 1 aliphatic carbocycles. The Bertz CT molecular complexity index is 925. The van der Waals surface area contributed by atoms with Gasteiger partial charge in [-0.05, 0) is 77.6 Å². The number of phenols is 2. The number of carboxylic acids is 2. The number of phenolic OH excluding ortho intramolecular Hbond substituents is 2. The second-order valence-corrected chi connectivity index (χ2v) is 8.13. The number of aliphatic carboxylic acids is 2. The zero-order valence-electron chi connectivity index (χ0n) is 20.4. The molecule has 2 aromatic rings. The normalized spacial score (nSPS) is 16.9. The molecule has 0 spiro atoms. The van der Waals surface area contributed by atoms with Gasteiger partial charge in [-0.2, -0.15) is 0 Å². The van der Waals surface area contributed by atoms with Crippen LogP contribution in [0.1, 0.15) is 61.8 Å². The molecule has 0 bridgehead atoms. The number of aryl methyl sites for hydroxylation is 2. The average Bonchev–Trinajstić information content (AvgIpc) is 2.75. The van der Waals surface area contributed by atoms with Crippen molar-refractivity contribution in [2.75, 3.05) is 0 Å². The van der Waals surface area contributed by atoms with Gasteiger partial charge in [-0.25, -0.2) is 0 Å². The molecule has 0 heterocycles. The largest absolute Gasteiger partial charge is 2.00 e. The second kappa shape index (κ2) is 16.5. The monoisotopic (exact) mass is 527 g/mol. The van der Waals surface area contributed by atoms with Crippen molar-refractivity contribution in [3.05, 3.63) is 58.7 Å². The van der Waals surface area contributed by atoms with Crippen molar-refractivity contribution in [2.24, 2.45) is 9.98 Å². The van der Waals surface area contributed by atoms with Gasteiger partial charge in [0.2, 0.25) is 0 Å². The van der Waals surface area contributed by atoms with Gasteiger partial charge in [0.05, 0.1) is 12.1 Å². The average molecular weight is 527 g/mol. The molecular formula is C26H32CoN2O6. The molecule has 0 aliphatic heterocycles. The summed E-state index contributed by atoms with van der Waals surface area (Å²) >= 11 is 0. The smallest absolute Gasteiger partial charge is 0.550 e.